The van der Waals surface area contributed by atoms with Crippen molar-refractivity contribution in [2.24, 2.45) is 0 Å². The molecular formula is C9H15N3O. The average molecular weight is 181 g/mol. The Kier molecular flexibility index (Phi) is 4.60. The fourth-order valence-corrected chi connectivity index (χ4v) is 0.736. The second-order valence-electron chi connectivity index (χ2n) is 3.25. The van der Waals surface area contributed by atoms with Gasteiger partial charge in [0.2, 0.25) is 0 Å². The van der Waals surface area contributed by atoms with Crippen LogP contribution in [0.1, 0.15) is 13.8 Å². The Bertz CT molecular complexity index is 248. The van der Waals surface area contributed by atoms with Crippen molar-refractivity contribution in [3.63, 3.8) is 0 Å². The highest BCUT2D eigenvalue weighted by Gasteiger charge is 2.09. The fraction of sp³-hybridized carbons (Fsp3) is 0.556. The molecule has 1 N–H and O–H groups in total. The molecule has 0 atom stereocenters. The predicted molar refractivity (Wildman–Crippen MR) is 50.7 cm³/mol. The van der Waals surface area contributed by atoms with Crippen LogP contribution in [-0.2, 0) is 4.79 Å². The number of nitriles is 1. The summed E-state index contributed by atoms with van der Waals surface area (Å²) >= 11 is 0. The van der Waals surface area contributed by atoms with Crippen molar-refractivity contribution >= 4 is 5.91 Å². The molecule has 4 nitrogen and oxygen atoms in total. The van der Waals surface area contributed by atoms with E-state index in [9.17, 15) is 4.79 Å². The first kappa shape index (κ1) is 11.5. The van der Waals surface area contributed by atoms with Gasteiger partial charge in [-0.3, -0.25) is 4.79 Å². The van der Waals surface area contributed by atoms with E-state index in [4.69, 9.17) is 5.26 Å². The van der Waals surface area contributed by atoms with Crippen molar-refractivity contribution in [1.82, 2.24) is 10.2 Å². The molecule has 0 aliphatic heterocycles. The van der Waals surface area contributed by atoms with Gasteiger partial charge in [0.05, 0.1) is 0 Å². The molecule has 0 aromatic rings. The largest absolute Gasteiger partial charge is 0.382 e. The topological polar surface area (TPSA) is 56.1 Å². The van der Waals surface area contributed by atoms with Crippen molar-refractivity contribution in [2.45, 2.75) is 19.9 Å². The molecule has 0 fully saturated rings. The Balaban J connectivity index is 4.44. The molecule has 72 valence electrons. The van der Waals surface area contributed by atoms with Crippen molar-refractivity contribution in [1.29, 1.82) is 5.26 Å². The highest BCUT2D eigenvalue weighted by Crippen LogP contribution is 1.94. The van der Waals surface area contributed by atoms with Crippen LogP contribution in [0.25, 0.3) is 0 Å². The molecule has 0 spiro atoms. The lowest BCUT2D eigenvalue weighted by atomic mass is 10.2. The minimum absolute atomic E-state index is 0.0476. The first-order chi connectivity index (χ1) is 5.97. The lowest BCUT2D eigenvalue weighted by Gasteiger charge is -2.09. The average Bonchev–Trinajstić information content (AvgIpc) is 1.98. The van der Waals surface area contributed by atoms with Gasteiger partial charge in [-0.25, -0.2) is 0 Å². The van der Waals surface area contributed by atoms with E-state index in [0.29, 0.717) is 0 Å². The Morgan fingerprint density at radius 2 is 2.08 bits per heavy atom. The summed E-state index contributed by atoms with van der Waals surface area (Å²) in [6.07, 6.45) is 1.50. The summed E-state index contributed by atoms with van der Waals surface area (Å²) in [5.41, 5.74) is 0.124. The Hall–Kier alpha value is -1.50. The van der Waals surface area contributed by atoms with Gasteiger partial charge in [-0.15, -0.1) is 0 Å². The van der Waals surface area contributed by atoms with Crippen LogP contribution in [-0.4, -0.2) is 30.9 Å². The van der Waals surface area contributed by atoms with Gasteiger partial charge >= 0.3 is 0 Å². The van der Waals surface area contributed by atoms with Crippen molar-refractivity contribution in [2.75, 3.05) is 14.1 Å². The number of carbonyl (C=O) groups is 1. The highest BCUT2D eigenvalue weighted by molar-refractivity contribution is 5.97. The summed E-state index contributed by atoms with van der Waals surface area (Å²) in [4.78, 5) is 13.0. The second-order valence-corrected chi connectivity index (χ2v) is 3.25. The van der Waals surface area contributed by atoms with Gasteiger partial charge in [0.25, 0.3) is 5.91 Å². The quantitative estimate of drug-likeness (QED) is 0.509. The SMILES string of the molecule is CC(C)NC(=O)/C(C#N)=C/N(C)C. The van der Waals surface area contributed by atoms with Crippen LogP contribution in [0.5, 0.6) is 0 Å². The van der Waals surface area contributed by atoms with Gasteiger partial charge in [-0.1, -0.05) is 0 Å². The molecule has 0 bridgehead atoms. The molecule has 0 saturated heterocycles. The summed E-state index contributed by atoms with van der Waals surface area (Å²) in [6.45, 7) is 3.70. The summed E-state index contributed by atoms with van der Waals surface area (Å²) < 4.78 is 0. The van der Waals surface area contributed by atoms with Gasteiger partial charge in [-0.05, 0) is 13.8 Å². The number of nitrogens with one attached hydrogen (secondary N) is 1. The smallest absolute Gasteiger partial charge is 0.263 e. The van der Waals surface area contributed by atoms with Gasteiger partial charge in [-0.2, -0.15) is 5.26 Å². The zero-order valence-electron chi connectivity index (χ0n) is 8.46. The molecule has 0 saturated carbocycles. The summed E-state index contributed by atoms with van der Waals surface area (Å²) in [6, 6.07) is 1.89. The van der Waals surface area contributed by atoms with Crippen molar-refractivity contribution < 1.29 is 4.79 Å². The molecule has 13 heavy (non-hydrogen) atoms. The van der Waals surface area contributed by atoms with Gasteiger partial charge in [0.1, 0.15) is 11.6 Å². The van der Waals surface area contributed by atoms with E-state index < -0.39 is 0 Å². The number of hydrogen-bond donors (Lipinski definition) is 1. The summed E-state index contributed by atoms with van der Waals surface area (Å²) in [7, 11) is 3.53. The van der Waals surface area contributed by atoms with E-state index in [-0.39, 0.29) is 17.5 Å². The van der Waals surface area contributed by atoms with E-state index in [2.05, 4.69) is 5.32 Å². The highest BCUT2D eigenvalue weighted by atomic mass is 16.1. The zero-order valence-corrected chi connectivity index (χ0v) is 8.46. The number of nitrogens with zero attached hydrogens (tertiary/aromatic N) is 2. The third kappa shape index (κ3) is 4.86. The fourth-order valence-electron chi connectivity index (χ4n) is 0.736. The Morgan fingerprint density at radius 3 is 2.38 bits per heavy atom. The van der Waals surface area contributed by atoms with E-state index in [1.807, 2.05) is 19.9 Å². The monoisotopic (exact) mass is 181 g/mol. The molecule has 0 aliphatic carbocycles. The third-order valence-electron chi connectivity index (χ3n) is 1.17. The molecule has 1 amide bonds. The lowest BCUT2D eigenvalue weighted by molar-refractivity contribution is -0.117. The maximum Gasteiger partial charge on any atom is 0.263 e. The van der Waals surface area contributed by atoms with Crippen molar-refractivity contribution in [3.05, 3.63) is 11.8 Å². The first-order valence-corrected chi connectivity index (χ1v) is 4.06. The number of rotatable bonds is 3. The van der Waals surface area contributed by atoms with E-state index >= 15 is 0 Å². The molecule has 0 rings (SSSR count). The number of amides is 1. The minimum Gasteiger partial charge on any atom is -0.382 e. The summed E-state index contributed by atoms with van der Waals surface area (Å²) in [5.74, 6) is -0.328. The molecule has 0 aromatic carbocycles. The predicted octanol–water partition coefficient (Wildman–Crippen LogP) is 0.480. The molecular weight excluding hydrogens is 166 g/mol. The van der Waals surface area contributed by atoms with Gasteiger partial charge in [0, 0.05) is 26.3 Å². The van der Waals surface area contributed by atoms with Crippen LogP contribution >= 0.6 is 0 Å². The van der Waals surface area contributed by atoms with E-state index in [0.717, 1.165) is 0 Å². The second kappa shape index (κ2) is 5.20. The van der Waals surface area contributed by atoms with Crippen molar-refractivity contribution in [3.8, 4) is 6.07 Å². The number of hydrogen-bond acceptors (Lipinski definition) is 3. The van der Waals surface area contributed by atoms with Crippen LogP contribution in [0.2, 0.25) is 0 Å². The molecule has 0 heterocycles. The van der Waals surface area contributed by atoms with Gasteiger partial charge in [0.15, 0.2) is 0 Å². The van der Waals surface area contributed by atoms with E-state index in [1.54, 1.807) is 19.0 Å². The molecule has 0 aliphatic rings. The maximum absolute atomic E-state index is 11.3. The van der Waals surface area contributed by atoms with Crippen LogP contribution in [0, 0.1) is 11.3 Å². The summed E-state index contributed by atoms with van der Waals surface area (Å²) in [5, 5.41) is 11.3. The zero-order chi connectivity index (χ0) is 10.4. The van der Waals surface area contributed by atoms with Crippen LogP contribution in [0.4, 0.5) is 0 Å². The molecule has 0 aromatic heterocycles. The third-order valence-corrected chi connectivity index (χ3v) is 1.17. The molecule has 0 radical (unpaired) electrons. The first-order valence-electron chi connectivity index (χ1n) is 4.06. The standard InChI is InChI=1S/C9H15N3O/c1-7(2)11-9(13)8(5-10)6-12(3)4/h6-7H,1-4H3,(H,11,13)/b8-6+. The Labute approximate surface area is 78.8 Å². The number of carbonyl (C=O) groups excluding carboxylic acids is 1. The molecule has 4 heteroatoms. The van der Waals surface area contributed by atoms with Crippen LogP contribution in [0.15, 0.2) is 11.8 Å². The van der Waals surface area contributed by atoms with E-state index in [1.165, 1.54) is 6.20 Å². The minimum atomic E-state index is -0.328. The van der Waals surface area contributed by atoms with Crippen LogP contribution < -0.4 is 5.32 Å². The lowest BCUT2D eigenvalue weighted by Crippen LogP contribution is -2.31. The molecule has 0 unspecified atom stereocenters. The normalized spacial score (nSPS) is 10.9. The Morgan fingerprint density at radius 1 is 1.54 bits per heavy atom. The maximum atomic E-state index is 11.3. The van der Waals surface area contributed by atoms with Crippen LogP contribution in [0.3, 0.4) is 0 Å². The van der Waals surface area contributed by atoms with Gasteiger partial charge < -0.3 is 10.2 Å².